The van der Waals surface area contributed by atoms with Crippen LogP contribution >= 0.6 is 23.2 Å². The molecule has 0 spiro atoms. The van der Waals surface area contributed by atoms with Gasteiger partial charge in [0.25, 0.3) is 5.91 Å². The summed E-state index contributed by atoms with van der Waals surface area (Å²) in [5.41, 5.74) is 1.78. The second kappa shape index (κ2) is 13.0. The largest absolute Gasteiger partial charge is 0.341 e. The van der Waals surface area contributed by atoms with Crippen molar-refractivity contribution in [1.29, 1.82) is 0 Å². The monoisotopic (exact) mass is 544 g/mol. The van der Waals surface area contributed by atoms with Gasteiger partial charge in [-0.25, -0.2) is 4.79 Å². The Bertz CT molecular complexity index is 1060. The molecule has 0 radical (unpaired) electrons. The summed E-state index contributed by atoms with van der Waals surface area (Å²) in [5, 5.41) is 1.07. The number of likely N-dealkylation sites (tertiary alicyclic amines) is 1. The molecular weight excluding hydrogens is 507 g/mol. The zero-order valence-electron chi connectivity index (χ0n) is 21.9. The molecule has 0 saturated carbocycles. The SMILES string of the molecule is CCN1CCCN(C2CCN(CCC(CN(C)C(=O)c3ccccc3)c3ccc(Cl)c(Cl)c3)CC2)C1=O. The molecule has 6 nitrogen and oxygen atoms in total. The lowest BCUT2D eigenvalue weighted by Gasteiger charge is -2.43. The number of benzene rings is 2. The molecule has 1 unspecified atom stereocenters. The molecule has 1 atom stereocenters. The Kier molecular flexibility index (Phi) is 9.74. The Morgan fingerprint density at radius 3 is 2.43 bits per heavy atom. The van der Waals surface area contributed by atoms with E-state index in [-0.39, 0.29) is 17.9 Å². The molecule has 2 aliphatic heterocycles. The highest BCUT2D eigenvalue weighted by molar-refractivity contribution is 6.42. The molecule has 2 heterocycles. The average Bonchev–Trinajstić information content (AvgIpc) is 2.93. The van der Waals surface area contributed by atoms with Gasteiger partial charge in [0.05, 0.1) is 10.0 Å². The van der Waals surface area contributed by atoms with E-state index in [1.165, 1.54) is 0 Å². The van der Waals surface area contributed by atoms with Gasteiger partial charge in [-0.05, 0) is 69.0 Å². The van der Waals surface area contributed by atoms with E-state index in [1.807, 2.05) is 60.5 Å². The van der Waals surface area contributed by atoms with Gasteiger partial charge in [-0.15, -0.1) is 0 Å². The van der Waals surface area contributed by atoms with E-state index in [0.29, 0.717) is 28.2 Å². The summed E-state index contributed by atoms with van der Waals surface area (Å²) < 4.78 is 0. The van der Waals surface area contributed by atoms with E-state index in [0.717, 1.165) is 70.5 Å². The smallest absolute Gasteiger partial charge is 0.320 e. The molecule has 0 N–H and O–H groups in total. The topological polar surface area (TPSA) is 47.1 Å². The fraction of sp³-hybridized carbons (Fsp3) is 0.517. The Morgan fingerprint density at radius 1 is 1.03 bits per heavy atom. The van der Waals surface area contributed by atoms with Crippen molar-refractivity contribution in [3.63, 3.8) is 0 Å². The van der Waals surface area contributed by atoms with Crippen molar-refractivity contribution >= 4 is 35.1 Å². The van der Waals surface area contributed by atoms with Crippen LogP contribution in [0.4, 0.5) is 4.79 Å². The van der Waals surface area contributed by atoms with E-state index >= 15 is 0 Å². The summed E-state index contributed by atoms with van der Waals surface area (Å²) in [4.78, 5) is 34.2. The van der Waals surface area contributed by atoms with Crippen molar-refractivity contribution in [2.75, 3.05) is 52.9 Å². The van der Waals surface area contributed by atoms with Gasteiger partial charge in [0.1, 0.15) is 0 Å². The van der Waals surface area contributed by atoms with Crippen molar-refractivity contribution in [2.45, 2.75) is 44.6 Å². The Hall–Kier alpha value is -2.28. The number of carbonyl (C=O) groups excluding carboxylic acids is 2. The van der Waals surface area contributed by atoms with Crippen LogP contribution in [0, 0.1) is 0 Å². The van der Waals surface area contributed by atoms with Gasteiger partial charge >= 0.3 is 6.03 Å². The lowest BCUT2D eigenvalue weighted by molar-refractivity contribution is 0.0752. The zero-order valence-corrected chi connectivity index (χ0v) is 23.4. The van der Waals surface area contributed by atoms with Gasteiger partial charge in [-0.1, -0.05) is 47.5 Å². The molecule has 2 aromatic carbocycles. The van der Waals surface area contributed by atoms with E-state index in [4.69, 9.17) is 23.2 Å². The van der Waals surface area contributed by atoms with Gasteiger partial charge in [0, 0.05) is 63.8 Å². The molecule has 0 aliphatic carbocycles. The number of piperidine rings is 1. The number of carbonyl (C=O) groups is 2. The number of nitrogens with zero attached hydrogens (tertiary/aromatic N) is 4. The molecule has 2 aromatic rings. The molecule has 3 amide bonds. The second-order valence-electron chi connectivity index (χ2n) is 10.2. The van der Waals surface area contributed by atoms with Crippen LogP contribution in [0.15, 0.2) is 48.5 Å². The quantitative estimate of drug-likeness (QED) is 0.397. The minimum atomic E-state index is 0.0128. The maximum Gasteiger partial charge on any atom is 0.320 e. The van der Waals surface area contributed by atoms with Crippen LogP contribution in [0.2, 0.25) is 10.0 Å². The first-order valence-corrected chi connectivity index (χ1v) is 14.2. The third-order valence-corrected chi connectivity index (χ3v) is 8.53. The van der Waals surface area contributed by atoms with Crippen LogP contribution < -0.4 is 0 Å². The Morgan fingerprint density at radius 2 is 1.76 bits per heavy atom. The molecule has 4 rings (SSSR count). The number of likely N-dealkylation sites (N-methyl/N-ethyl adjacent to an activating group) is 1. The van der Waals surface area contributed by atoms with E-state index in [9.17, 15) is 9.59 Å². The van der Waals surface area contributed by atoms with Crippen molar-refractivity contribution in [2.24, 2.45) is 0 Å². The summed E-state index contributed by atoms with van der Waals surface area (Å²) >= 11 is 12.6. The van der Waals surface area contributed by atoms with Gasteiger partial charge < -0.3 is 19.6 Å². The third kappa shape index (κ3) is 6.98. The Labute approximate surface area is 231 Å². The zero-order chi connectivity index (χ0) is 26.4. The molecule has 200 valence electrons. The van der Waals surface area contributed by atoms with Gasteiger partial charge in [-0.2, -0.15) is 0 Å². The van der Waals surface area contributed by atoms with Gasteiger partial charge in [0.2, 0.25) is 0 Å². The van der Waals surface area contributed by atoms with Crippen molar-refractivity contribution in [1.82, 2.24) is 19.6 Å². The maximum atomic E-state index is 13.0. The van der Waals surface area contributed by atoms with Crippen molar-refractivity contribution in [3.05, 3.63) is 69.7 Å². The summed E-state index contributed by atoms with van der Waals surface area (Å²) in [5.74, 6) is 0.144. The summed E-state index contributed by atoms with van der Waals surface area (Å²) in [6.07, 6.45) is 3.97. The van der Waals surface area contributed by atoms with Crippen LogP contribution in [0.1, 0.15) is 54.4 Å². The summed E-state index contributed by atoms with van der Waals surface area (Å²) in [7, 11) is 1.86. The Balaban J connectivity index is 1.37. The van der Waals surface area contributed by atoms with Crippen molar-refractivity contribution in [3.8, 4) is 0 Å². The third-order valence-electron chi connectivity index (χ3n) is 7.79. The standard InChI is InChI=1S/C29H38Cl2N4O2/c1-3-34-15-7-16-35(29(34)37)25-13-18-33(19-14-25)17-12-24(23-10-11-26(30)27(31)20-23)21-32(2)28(36)22-8-5-4-6-9-22/h4-6,8-11,20,24-25H,3,7,12-19,21H2,1-2H3. The highest BCUT2D eigenvalue weighted by atomic mass is 35.5. The first kappa shape index (κ1) is 27.7. The first-order chi connectivity index (χ1) is 17.9. The minimum absolute atomic E-state index is 0.0128. The molecular formula is C29H38Cl2N4O2. The normalized spacial score (nSPS) is 18.2. The number of rotatable bonds is 9. The fourth-order valence-corrected chi connectivity index (χ4v) is 5.88. The lowest BCUT2D eigenvalue weighted by atomic mass is 9.93. The molecule has 2 aliphatic rings. The van der Waals surface area contributed by atoms with E-state index in [1.54, 1.807) is 4.90 Å². The molecule has 2 fully saturated rings. The van der Waals surface area contributed by atoms with Crippen LogP contribution in [-0.4, -0.2) is 90.4 Å². The van der Waals surface area contributed by atoms with Gasteiger partial charge in [-0.3, -0.25) is 4.79 Å². The first-order valence-electron chi connectivity index (χ1n) is 13.4. The number of urea groups is 1. The van der Waals surface area contributed by atoms with Crippen LogP contribution in [0.25, 0.3) is 0 Å². The summed E-state index contributed by atoms with van der Waals surface area (Å²) in [6, 6.07) is 15.7. The second-order valence-corrected chi connectivity index (χ2v) is 11.0. The highest BCUT2D eigenvalue weighted by Crippen LogP contribution is 2.30. The van der Waals surface area contributed by atoms with Crippen LogP contribution in [-0.2, 0) is 0 Å². The maximum absolute atomic E-state index is 13.0. The molecule has 0 bridgehead atoms. The van der Waals surface area contributed by atoms with Crippen LogP contribution in [0.5, 0.6) is 0 Å². The van der Waals surface area contributed by atoms with Crippen LogP contribution in [0.3, 0.4) is 0 Å². The fourth-order valence-electron chi connectivity index (χ4n) is 5.57. The molecule has 0 aromatic heterocycles. The lowest BCUT2D eigenvalue weighted by Crippen LogP contribution is -2.55. The highest BCUT2D eigenvalue weighted by Gasteiger charge is 2.32. The molecule has 8 heteroatoms. The van der Waals surface area contributed by atoms with Crippen molar-refractivity contribution < 1.29 is 9.59 Å². The molecule has 37 heavy (non-hydrogen) atoms. The number of amides is 3. The average molecular weight is 546 g/mol. The predicted molar refractivity (Wildman–Crippen MR) is 151 cm³/mol. The molecule has 2 saturated heterocycles. The number of hydrogen-bond acceptors (Lipinski definition) is 3. The number of halogens is 2. The van der Waals surface area contributed by atoms with E-state index in [2.05, 4.69) is 16.7 Å². The summed E-state index contributed by atoms with van der Waals surface area (Å²) in [6.45, 7) is 8.08. The van der Waals surface area contributed by atoms with E-state index < -0.39 is 0 Å². The van der Waals surface area contributed by atoms with Gasteiger partial charge in [0.15, 0.2) is 0 Å². The number of hydrogen-bond donors (Lipinski definition) is 0. The predicted octanol–water partition coefficient (Wildman–Crippen LogP) is 5.85. The minimum Gasteiger partial charge on any atom is -0.341 e.